The molecule has 1 aliphatic heterocycles. The van der Waals surface area contributed by atoms with E-state index in [0.717, 1.165) is 0 Å². The van der Waals surface area contributed by atoms with E-state index in [1.807, 2.05) is 0 Å². The average molecular weight is 175 g/mol. The summed E-state index contributed by atoms with van der Waals surface area (Å²) in [6.45, 7) is 0.993. The fourth-order valence-corrected chi connectivity index (χ4v) is 1.14. The number of carboxylic acids is 1. The Labute approximate surface area is 70.3 Å². The number of aliphatic hydroxyl groups is 1. The van der Waals surface area contributed by atoms with Crippen molar-refractivity contribution in [3.8, 4) is 0 Å². The number of hydrogen-bond donors (Lipinski definition) is 3. The highest BCUT2D eigenvalue weighted by Gasteiger charge is 2.31. The fourth-order valence-electron chi connectivity index (χ4n) is 1.14. The molecule has 0 bridgehead atoms. The van der Waals surface area contributed by atoms with Crippen molar-refractivity contribution < 1.29 is 19.7 Å². The van der Waals surface area contributed by atoms with E-state index in [2.05, 4.69) is 5.32 Å². The minimum absolute atomic E-state index is 0.123. The Kier molecular flexibility index (Phi) is 3.02. The Morgan fingerprint density at radius 3 is 2.92 bits per heavy atom. The largest absolute Gasteiger partial charge is 0.480 e. The maximum Gasteiger partial charge on any atom is 0.317 e. The predicted octanol–water partition coefficient (Wildman–Crippen LogP) is -1.19. The van der Waals surface area contributed by atoms with E-state index in [-0.39, 0.29) is 13.1 Å². The summed E-state index contributed by atoms with van der Waals surface area (Å²) in [6, 6.07) is 0. The lowest BCUT2D eigenvalue weighted by molar-refractivity contribution is -0.136. The number of nitrogens with one attached hydrogen (secondary N) is 1. The van der Waals surface area contributed by atoms with Gasteiger partial charge in [0.15, 0.2) is 0 Å². The maximum atomic E-state index is 10.1. The van der Waals surface area contributed by atoms with Crippen LogP contribution in [0.5, 0.6) is 0 Å². The van der Waals surface area contributed by atoms with Crippen LogP contribution in [0.2, 0.25) is 0 Å². The Hall–Kier alpha value is -0.650. The number of ether oxygens (including phenoxy) is 1. The lowest BCUT2D eigenvalue weighted by atomic mass is 10.0. The van der Waals surface area contributed by atoms with E-state index >= 15 is 0 Å². The molecule has 5 heteroatoms. The van der Waals surface area contributed by atoms with Crippen molar-refractivity contribution in [1.29, 1.82) is 0 Å². The summed E-state index contributed by atoms with van der Waals surface area (Å²) in [5.74, 6) is -0.919. The van der Waals surface area contributed by atoms with Crippen LogP contribution in [0.1, 0.15) is 6.42 Å². The van der Waals surface area contributed by atoms with Gasteiger partial charge in [-0.1, -0.05) is 0 Å². The first kappa shape index (κ1) is 9.44. The SMILES string of the molecule is O=C(O)CNCC1(O)CCOC1. The molecule has 5 nitrogen and oxygen atoms in total. The van der Waals surface area contributed by atoms with Crippen LogP contribution < -0.4 is 5.32 Å². The molecule has 1 aliphatic rings. The molecule has 0 aromatic rings. The molecule has 0 aromatic carbocycles. The topological polar surface area (TPSA) is 78.8 Å². The van der Waals surface area contributed by atoms with Crippen molar-refractivity contribution in [1.82, 2.24) is 5.32 Å². The van der Waals surface area contributed by atoms with Gasteiger partial charge in [0.1, 0.15) is 5.60 Å². The van der Waals surface area contributed by atoms with Gasteiger partial charge >= 0.3 is 5.97 Å². The molecule has 70 valence electrons. The van der Waals surface area contributed by atoms with Crippen LogP contribution in [-0.2, 0) is 9.53 Å². The van der Waals surface area contributed by atoms with Gasteiger partial charge in [0, 0.05) is 19.6 Å². The highest BCUT2D eigenvalue weighted by molar-refractivity contribution is 5.68. The Balaban J connectivity index is 2.17. The lowest BCUT2D eigenvalue weighted by Gasteiger charge is -2.19. The molecule has 1 rings (SSSR count). The van der Waals surface area contributed by atoms with Crippen molar-refractivity contribution in [2.24, 2.45) is 0 Å². The van der Waals surface area contributed by atoms with Gasteiger partial charge in [0.2, 0.25) is 0 Å². The molecule has 1 fully saturated rings. The zero-order chi connectivity index (χ0) is 9.03. The zero-order valence-electron chi connectivity index (χ0n) is 6.75. The Morgan fingerprint density at radius 2 is 2.42 bits per heavy atom. The summed E-state index contributed by atoms with van der Waals surface area (Å²) in [5, 5.41) is 20.6. The quantitative estimate of drug-likeness (QED) is 0.501. The van der Waals surface area contributed by atoms with Crippen LogP contribution in [0, 0.1) is 0 Å². The minimum atomic E-state index is -0.919. The molecule has 12 heavy (non-hydrogen) atoms. The lowest BCUT2D eigenvalue weighted by Crippen LogP contribution is -2.42. The highest BCUT2D eigenvalue weighted by Crippen LogP contribution is 2.16. The van der Waals surface area contributed by atoms with Crippen LogP contribution >= 0.6 is 0 Å². The third-order valence-electron chi connectivity index (χ3n) is 1.81. The number of hydrogen-bond acceptors (Lipinski definition) is 4. The van der Waals surface area contributed by atoms with Crippen molar-refractivity contribution in [2.75, 3.05) is 26.3 Å². The minimum Gasteiger partial charge on any atom is -0.480 e. The highest BCUT2D eigenvalue weighted by atomic mass is 16.5. The van der Waals surface area contributed by atoms with E-state index in [1.165, 1.54) is 0 Å². The molecule has 0 radical (unpaired) electrons. The third-order valence-corrected chi connectivity index (χ3v) is 1.81. The number of rotatable bonds is 4. The summed E-state index contributed by atoms with van der Waals surface area (Å²) < 4.78 is 4.98. The molecule has 1 unspecified atom stereocenters. The van der Waals surface area contributed by atoms with Crippen LogP contribution in [0.25, 0.3) is 0 Å². The first-order valence-electron chi connectivity index (χ1n) is 3.85. The predicted molar refractivity (Wildman–Crippen MR) is 40.9 cm³/mol. The second-order valence-corrected chi connectivity index (χ2v) is 3.02. The summed E-state index contributed by atoms with van der Waals surface area (Å²) in [6.07, 6.45) is 0.569. The molecule has 0 amide bonds. The number of aliphatic carboxylic acids is 1. The van der Waals surface area contributed by atoms with Gasteiger partial charge in [0.25, 0.3) is 0 Å². The maximum absolute atomic E-state index is 10.1. The standard InChI is InChI=1S/C7H13NO4/c9-6(10)3-8-4-7(11)1-2-12-5-7/h8,11H,1-5H2,(H,9,10). The molecule has 0 aromatic heterocycles. The van der Waals surface area contributed by atoms with Crippen LogP contribution in [0.4, 0.5) is 0 Å². The number of carbonyl (C=O) groups is 1. The van der Waals surface area contributed by atoms with E-state index in [4.69, 9.17) is 9.84 Å². The molecule has 0 aliphatic carbocycles. The molecule has 1 atom stereocenters. The Morgan fingerprint density at radius 1 is 1.67 bits per heavy atom. The van der Waals surface area contributed by atoms with Crippen molar-refractivity contribution in [3.05, 3.63) is 0 Å². The van der Waals surface area contributed by atoms with Crippen molar-refractivity contribution in [2.45, 2.75) is 12.0 Å². The monoisotopic (exact) mass is 175 g/mol. The first-order valence-corrected chi connectivity index (χ1v) is 3.85. The van der Waals surface area contributed by atoms with E-state index < -0.39 is 11.6 Å². The molecule has 1 saturated heterocycles. The Bertz CT molecular complexity index is 165. The summed E-state index contributed by atoms with van der Waals surface area (Å²) in [4.78, 5) is 10.1. The van der Waals surface area contributed by atoms with Gasteiger partial charge in [-0.05, 0) is 0 Å². The zero-order valence-corrected chi connectivity index (χ0v) is 6.75. The fraction of sp³-hybridized carbons (Fsp3) is 0.857. The van der Waals surface area contributed by atoms with Gasteiger partial charge < -0.3 is 20.3 Å². The molecular formula is C7H13NO4. The van der Waals surface area contributed by atoms with Crippen molar-refractivity contribution in [3.63, 3.8) is 0 Å². The second kappa shape index (κ2) is 3.84. The number of carboxylic acid groups (broad SMARTS) is 1. The average Bonchev–Trinajstić information content (AvgIpc) is 2.35. The van der Waals surface area contributed by atoms with E-state index in [1.54, 1.807) is 0 Å². The molecule has 1 heterocycles. The first-order chi connectivity index (χ1) is 5.62. The smallest absolute Gasteiger partial charge is 0.317 e. The van der Waals surface area contributed by atoms with Crippen LogP contribution in [0.3, 0.4) is 0 Å². The van der Waals surface area contributed by atoms with E-state index in [9.17, 15) is 9.90 Å². The summed E-state index contributed by atoms with van der Waals surface area (Å²) >= 11 is 0. The van der Waals surface area contributed by atoms with E-state index in [0.29, 0.717) is 19.6 Å². The van der Waals surface area contributed by atoms with Crippen LogP contribution in [-0.4, -0.2) is 48.1 Å². The third kappa shape index (κ3) is 2.77. The molecule has 0 saturated carbocycles. The second-order valence-electron chi connectivity index (χ2n) is 3.02. The van der Waals surface area contributed by atoms with Gasteiger partial charge in [-0.25, -0.2) is 0 Å². The van der Waals surface area contributed by atoms with Crippen molar-refractivity contribution >= 4 is 5.97 Å². The molecule has 3 N–H and O–H groups in total. The van der Waals surface area contributed by atoms with Gasteiger partial charge in [-0.3, -0.25) is 4.79 Å². The van der Waals surface area contributed by atoms with Gasteiger partial charge in [0.05, 0.1) is 13.2 Å². The summed E-state index contributed by atoms with van der Waals surface area (Å²) in [5.41, 5.74) is -0.866. The van der Waals surface area contributed by atoms with Crippen LogP contribution in [0.15, 0.2) is 0 Å². The molecule has 0 spiro atoms. The molecular weight excluding hydrogens is 162 g/mol. The van der Waals surface area contributed by atoms with Gasteiger partial charge in [-0.2, -0.15) is 0 Å². The van der Waals surface area contributed by atoms with Gasteiger partial charge in [-0.15, -0.1) is 0 Å². The normalized spacial score (nSPS) is 29.1. The summed E-state index contributed by atoms with van der Waals surface area (Å²) in [7, 11) is 0.